The zero-order chi connectivity index (χ0) is 9.38. The molecule has 1 heterocycles. The number of hydrogen-bond donors (Lipinski definition) is 1. The summed E-state index contributed by atoms with van der Waals surface area (Å²) in [6.07, 6.45) is 4.41. The predicted octanol–water partition coefficient (Wildman–Crippen LogP) is 1.80. The molecule has 70 valence electrons. The van der Waals surface area contributed by atoms with Gasteiger partial charge in [0.15, 0.2) is 0 Å². The molecule has 1 aromatic rings. The standard InChI is InChI=1S/C12H12N2/c1-2-4-10-9(3-1)5-6-11(10)12-13-7-8-14-12/h1-6,11H,7-8H2,(H,13,14). The van der Waals surface area contributed by atoms with Gasteiger partial charge in [-0.2, -0.15) is 0 Å². The minimum absolute atomic E-state index is 0.369. The average molecular weight is 184 g/mol. The molecule has 0 bridgehead atoms. The Labute approximate surface area is 83.4 Å². The normalized spacial score (nSPS) is 23.1. The summed E-state index contributed by atoms with van der Waals surface area (Å²) in [5, 5.41) is 3.34. The van der Waals surface area contributed by atoms with E-state index in [0.29, 0.717) is 5.92 Å². The molecule has 2 heteroatoms. The van der Waals surface area contributed by atoms with Crippen molar-refractivity contribution < 1.29 is 0 Å². The van der Waals surface area contributed by atoms with Crippen molar-refractivity contribution in [2.75, 3.05) is 13.1 Å². The lowest BCUT2D eigenvalue weighted by Crippen LogP contribution is -2.23. The molecule has 1 atom stereocenters. The van der Waals surface area contributed by atoms with E-state index in [4.69, 9.17) is 0 Å². The Balaban J connectivity index is 2.01. The van der Waals surface area contributed by atoms with E-state index in [2.05, 4.69) is 46.7 Å². The first-order valence-electron chi connectivity index (χ1n) is 5.00. The lowest BCUT2D eigenvalue weighted by atomic mass is 10.00. The van der Waals surface area contributed by atoms with Crippen LogP contribution >= 0.6 is 0 Å². The van der Waals surface area contributed by atoms with Crippen LogP contribution in [0.1, 0.15) is 17.0 Å². The molecule has 1 N–H and O–H groups in total. The van der Waals surface area contributed by atoms with E-state index in [1.165, 1.54) is 11.1 Å². The summed E-state index contributed by atoms with van der Waals surface area (Å²) in [5.74, 6) is 1.50. The van der Waals surface area contributed by atoms with E-state index in [1.807, 2.05) is 0 Å². The number of rotatable bonds is 1. The van der Waals surface area contributed by atoms with Gasteiger partial charge in [0.1, 0.15) is 5.84 Å². The second kappa shape index (κ2) is 2.98. The monoisotopic (exact) mass is 184 g/mol. The Bertz CT molecular complexity index is 418. The topological polar surface area (TPSA) is 24.4 Å². The lowest BCUT2D eigenvalue weighted by molar-refractivity contribution is 0.944. The van der Waals surface area contributed by atoms with E-state index in [0.717, 1.165) is 18.9 Å². The molecule has 0 fully saturated rings. The van der Waals surface area contributed by atoms with Crippen LogP contribution in [0.25, 0.3) is 6.08 Å². The van der Waals surface area contributed by atoms with Crippen molar-refractivity contribution in [1.82, 2.24) is 5.32 Å². The van der Waals surface area contributed by atoms with Crippen molar-refractivity contribution >= 4 is 11.9 Å². The summed E-state index contributed by atoms with van der Waals surface area (Å²) in [5.41, 5.74) is 2.70. The fourth-order valence-electron chi connectivity index (χ4n) is 2.11. The van der Waals surface area contributed by atoms with Gasteiger partial charge < -0.3 is 5.32 Å². The maximum absolute atomic E-state index is 4.47. The van der Waals surface area contributed by atoms with Gasteiger partial charge in [-0.1, -0.05) is 36.4 Å². The van der Waals surface area contributed by atoms with Gasteiger partial charge in [-0.15, -0.1) is 0 Å². The van der Waals surface area contributed by atoms with Crippen molar-refractivity contribution in [2.45, 2.75) is 5.92 Å². The maximum Gasteiger partial charge on any atom is 0.108 e. The molecule has 2 nitrogen and oxygen atoms in total. The Hall–Kier alpha value is -1.57. The van der Waals surface area contributed by atoms with Gasteiger partial charge >= 0.3 is 0 Å². The van der Waals surface area contributed by atoms with E-state index >= 15 is 0 Å². The number of amidine groups is 1. The van der Waals surface area contributed by atoms with Crippen molar-refractivity contribution in [3.05, 3.63) is 41.5 Å². The Kier molecular flexibility index (Phi) is 1.66. The van der Waals surface area contributed by atoms with Crippen LogP contribution in [-0.4, -0.2) is 18.9 Å². The van der Waals surface area contributed by atoms with Crippen LogP contribution in [-0.2, 0) is 0 Å². The predicted molar refractivity (Wildman–Crippen MR) is 58.5 cm³/mol. The van der Waals surface area contributed by atoms with Crippen LogP contribution in [0, 0.1) is 0 Å². The highest BCUT2D eigenvalue weighted by atomic mass is 15.1. The molecule has 1 unspecified atom stereocenters. The van der Waals surface area contributed by atoms with Gasteiger partial charge in [-0.25, -0.2) is 0 Å². The lowest BCUT2D eigenvalue weighted by Gasteiger charge is -2.11. The number of hydrogen-bond acceptors (Lipinski definition) is 2. The van der Waals surface area contributed by atoms with Crippen LogP contribution in [0.3, 0.4) is 0 Å². The van der Waals surface area contributed by atoms with Gasteiger partial charge in [-0.05, 0) is 11.1 Å². The molecule has 2 aliphatic rings. The van der Waals surface area contributed by atoms with E-state index in [1.54, 1.807) is 0 Å². The summed E-state index contributed by atoms with van der Waals surface area (Å²) < 4.78 is 0. The van der Waals surface area contributed by atoms with Gasteiger partial charge in [0.2, 0.25) is 0 Å². The first-order chi connectivity index (χ1) is 6.95. The highest BCUT2D eigenvalue weighted by molar-refractivity contribution is 5.95. The molecule has 0 aromatic heterocycles. The summed E-state index contributed by atoms with van der Waals surface area (Å²) in [4.78, 5) is 4.47. The van der Waals surface area contributed by atoms with Crippen LogP contribution < -0.4 is 5.32 Å². The number of benzene rings is 1. The average Bonchev–Trinajstić information content (AvgIpc) is 2.85. The van der Waals surface area contributed by atoms with Crippen molar-refractivity contribution in [1.29, 1.82) is 0 Å². The van der Waals surface area contributed by atoms with Gasteiger partial charge in [0.05, 0.1) is 12.5 Å². The SMILES string of the molecule is C1=CC(C2=NCCN2)c2ccccc21. The highest BCUT2D eigenvalue weighted by Crippen LogP contribution is 2.30. The molecule has 3 rings (SSSR count). The molecule has 0 radical (unpaired) electrons. The summed E-state index contributed by atoms with van der Waals surface area (Å²) in [6, 6.07) is 8.51. The van der Waals surface area contributed by atoms with Crippen molar-refractivity contribution in [2.24, 2.45) is 4.99 Å². The van der Waals surface area contributed by atoms with Crippen molar-refractivity contribution in [3.63, 3.8) is 0 Å². The fraction of sp³-hybridized carbons (Fsp3) is 0.250. The third kappa shape index (κ3) is 1.07. The molecule has 0 amide bonds. The van der Waals surface area contributed by atoms with E-state index in [9.17, 15) is 0 Å². The fourth-order valence-corrected chi connectivity index (χ4v) is 2.11. The van der Waals surface area contributed by atoms with Crippen LogP contribution in [0.2, 0.25) is 0 Å². The second-order valence-electron chi connectivity index (χ2n) is 3.66. The Morgan fingerprint density at radius 3 is 3.07 bits per heavy atom. The molecule has 0 saturated carbocycles. The van der Waals surface area contributed by atoms with Crippen LogP contribution in [0.5, 0.6) is 0 Å². The number of aliphatic imine (C=N–C) groups is 1. The Morgan fingerprint density at radius 1 is 1.29 bits per heavy atom. The molecule has 0 saturated heterocycles. The van der Waals surface area contributed by atoms with Gasteiger partial charge in [0, 0.05) is 6.54 Å². The first kappa shape index (κ1) is 7.80. The highest BCUT2D eigenvalue weighted by Gasteiger charge is 2.23. The summed E-state index contributed by atoms with van der Waals surface area (Å²) in [6.45, 7) is 1.91. The number of fused-ring (bicyclic) bond motifs is 1. The zero-order valence-electron chi connectivity index (χ0n) is 7.90. The Morgan fingerprint density at radius 2 is 2.21 bits per heavy atom. The third-order valence-electron chi connectivity index (χ3n) is 2.79. The molecule has 1 aliphatic heterocycles. The molecular weight excluding hydrogens is 172 g/mol. The number of nitrogens with zero attached hydrogens (tertiary/aromatic N) is 1. The van der Waals surface area contributed by atoms with Gasteiger partial charge in [0.25, 0.3) is 0 Å². The summed E-state index contributed by atoms with van der Waals surface area (Å²) >= 11 is 0. The largest absolute Gasteiger partial charge is 0.371 e. The minimum atomic E-state index is 0.369. The quantitative estimate of drug-likeness (QED) is 0.707. The molecular formula is C12H12N2. The minimum Gasteiger partial charge on any atom is -0.371 e. The second-order valence-corrected chi connectivity index (χ2v) is 3.66. The molecule has 1 aromatic carbocycles. The maximum atomic E-state index is 4.47. The molecule has 0 spiro atoms. The third-order valence-corrected chi connectivity index (χ3v) is 2.79. The molecule has 14 heavy (non-hydrogen) atoms. The van der Waals surface area contributed by atoms with E-state index in [-0.39, 0.29) is 0 Å². The molecule has 1 aliphatic carbocycles. The van der Waals surface area contributed by atoms with Gasteiger partial charge in [-0.3, -0.25) is 4.99 Å². The smallest absolute Gasteiger partial charge is 0.108 e. The number of nitrogens with one attached hydrogen (secondary N) is 1. The zero-order valence-corrected chi connectivity index (χ0v) is 7.90. The van der Waals surface area contributed by atoms with Crippen molar-refractivity contribution in [3.8, 4) is 0 Å². The van der Waals surface area contributed by atoms with E-state index < -0.39 is 0 Å². The summed E-state index contributed by atoms with van der Waals surface area (Å²) in [7, 11) is 0. The van der Waals surface area contributed by atoms with Crippen LogP contribution in [0.4, 0.5) is 0 Å². The van der Waals surface area contributed by atoms with Crippen LogP contribution in [0.15, 0.2) is 35.3 Å². The first-order valence-corrected chi connectivity index (χ1v) is 5.00.